The second-order valence-corrected chi connectivity index (χ2v) is 7.05. The van der Waals surface area contributed by atoms with Gasteiger partial charge in [-0.2, -0.15) is 0 Å². The molecule has 1 fully saturated rings. The van der Waals surface area contributed by atoms with Crippen LogP contribution in [-0.4, -0.2) is 63.1 Å². The van der Waals surface area contributed by atoms with Crippen molar-refractivity contribution in [2.45, 2.75) is 24.7 Å². The fourth-order valence-electron chi connectivity index (χ4n) is 2.83. The first kappa shape index (κ1) is 21.9. The van der Waals surface area contributed by atoms with Crippen LogP contribution < -0.4 is 10.2 Å². The molecule has 1 aromatic rings. The number of nitrogens with one attached hydrogen (secondary N) is 1. The first-order chi connectivity index (χ1) is 11.7. The maximum atomic E-state index is 11.0. The Bertz CT molecular complexity index is 511. The molecule has 1 amide bonds. The van der Waals surface area contributed by atoms with E-state index in [0.717, 1.165) is 39.1 Å². The number of benzene rings is 1. The van der Waals surface area contributed by atoms with Crippen molar-refractivity contribution in [3.8, 4) is 0 Å². The molecule has 0 aromatic heterocycles. The summed E-state index contributed by atoms with van der Waals surface area (Å²) < 4.78 is 4.57. The normalized spacial score (nSPS) is 14.7. The lowest BCUT2D eigenvalue weighted by Gasteiger charge is -2.37. The van der Waals surface area contributed by atoms with Gasteiger partial charge in [0, 0.05) is 37.6 Å². The zero-order chi connectivity index (χ0) is 17.2. The predicted octanol–water partition coefficient (Wildman–Crippen LogP) is 3.48. The number of piperazine rings is 1. The molecule has 142 valence electrons. The van der Waals surface area contributed by atoms with Crippen molar-refractivity contribution in [1.29, 1.82) is 0 Å². The van der Waals surface area contributed by atoms with E-state index >= 15 is 0 Å². The summed E-state index contributed by atoms with van der Waals surface area (Å²) in [6.45, 7) is 8.19. The van der Waals surface area contributed by atoms with Gasteiger partial charge in [0.15, 0.2) is 0 Å². The van der Waals surface area contributed by atoms with Gasteiger partial charge in [-0.05, 0) is 37.3 Å². The fourth-order valence-corrected chi connectivity index (χ4v) is 3.77. The van der Waals surface area contributed by atoms with Crippen LogP contribution in [0.2, 0.25) is 0 Å². The van der Waals surface area contributed by atoms with Crippen LogP contribution >= 0.6 is 24.2 Å². The summed E-state index contributed by atoms with van der Waals surface area (Å²) in [5.74, 6) is 1.17. The van der Waals surface area contributed by atoms with Crippen LogP contribution in [-0.2, 0) is 4.74 Å². The van der Waals surface area contributed by atoms with Crippen LogP contribution in [0.25, 0.3) is 0 Å². The van der Waals surface area contributed by atoms with Gasteiger partial charge in [-0.25, -0.2) is 4.79 Å². The van der Waals surface area contributed by atoms with Crippen LogP contribution in [0.3, 0.4) is 0 Å². The Morgan fingerprint density at radius 2 is 1.96 bits per heavy atom. The van der Waals surface area contributed by atoms with E-state index in [0.29, 0.717) is 6.54 Å². The molecular formula is C18H30ClN3O2S. The number of anilines is 1. The summed E-state index contributed by atoms with van der Waals surface area (Å²) in [5.41, 5.74) is 1.38. The predicted molar refractivity (Wildman–Crippen MR) is 108 cm³/mol. The van der Waals surface area contributed by atoms with Crippen molar-refractivity contribution in [1.82, 2.24) is 10.2 Å². The van der Waals surface area contributed by atoms with Gasteiger partial charge < -0.3 is 15.0 Å². The highest BCUT2D eigenvalue weighted by Crippen LogP contribution is 2.31. The molecule has 1 heterocycles. The summed E-state index contributed by atoms with van der Waals surface area (Å²) >= 11 is 1.96. The maximum Gasteiger partial charge on any atom is 0.406 e. The number of methoxy groups -OCH3 is 1. The van der Waals surface area contributed by atoms with Gasteiger partial charge in [0.1, 0.15) is 0 Å². The number of hydrogen-bond donors (Lipinski definition) is 1. The van der Waals surface area contributed by atoms with Crippen molar-refractivity contribution in [3.63, 3.8) is 0 Å². The Labute approximate surface area is 161 Å². The highest BCUT2D eigenvalue weighted by atomic mass is 35.5. The third-order valence-electron chi connectivity index (χ3n) is 4.15. The van der Waals surface area contributed by atoms with Crippen molar-refractivity contribution in [3.05, 3.63) is 24.3 Å². The minimum Gasteiger partial charge on any atom is -0.453 e. The van der Waals surface area contributed by atoms with E-state index in [4.69, 9.17) is 0 Å². The summed E-state index contributed by atoms with van der Waals surface area (Å²) in [6, 6.07) is 8.75. The van der Waals surface area contributed by atoms with Gasteiger partial charge in [0.05, 0.1) is 12.8 Å². The molecular weight excluding hydrogens is 358 g/mol. The first-order valence-electron chi connectivity index (χ1n) is 8.75. The monoisotopic (exact) mass is 387 g/mol. The SMILES string of the molecule is CCCSc1ccccc1N1CCN(CCCNC(=O)OC)CC1.Cl. The second-order valence-electron chi connectivity index (χ2n) is 5.92. The lowest BCUT2D eigenvalue weighted by atomic mass is 10.2. The Morgan fingerprint density at radius 3 is 2.64 bits per heavy atom. The lowest BCUT2D eigenvalue weighted by Crippen LogP contribution is -2.47. The molecule has 0 aliphatic carbocycles. The van der Waals surface area contributed by atoms with Crippen molar-refractivity contribution in [2.24, 2.45) is 0 Å². The quantitative estimate of drug-likeness (QED) is 0.546. The molecule has 0 radical (unpaired) electrons. The summed E-state index contributed by atoms with van der Waals surface area (Å²) in [6.07, 6.45) is 1.81. The number of carbonyl (C=O) groups is 1. The van der Waals surface area contributed by atoms with Crippen molar-refractivity contribution in [2.75, 3.05) is 57.0 Å². The zero-order valence-corrected chi connectivity index (χ0v) is 16.8. The van der Waals surface area contributed by atoms with Gasteiger partial charge >= 0.3 is 6.09 Å². The Kier molecular flexibility index (Phi) is 10.8. The maximum absolute atomic E-state index is 11.0. The zero-order valence-electron chi connectivity index (χ0n) is 15.2. The standard InChI is InChI=1S/C18H29N3O2S.ClH/c1-3-15-24-17-8-5-4-7-16(17)21-13-11-20(12-14-21)10-6-9-19-18(22)23-2;/h4-5,7-8H,3,6,9-15H2,1-2H3,(H,19,22);1H. The molecule has 5 nitrogen and oxygen atoms in total. The summed E-state index contributed by atoms with van der Waals surface area (Å²) in [5, 5.41) is 2.73. The van der Waals surface area contributed by atoms with Crippen molar-refractivity contribution < 1.29 is 9.53 Å². The van der Waals surface area contributed by atoms with E-state index < -0.39 is 0 Å². The van der Waals surface area contributed by atoms with E-state index in [2.05, 4.69) is 51.0 Å². The number of hydrogen-bond acceptors (Lipinski definition) is 5. The number of ether oxygens (including phenoxy) is 1. The Balaban J connectivity index is 0.00000312. The average Bonchev–Trinajstić information content (AvgIpc) is 2.64. The first-order valence-corrected chi connectivity index (χ1v) is 9.74. The Morgan fingerprint density at radius 1 is 1.24 bits per heavy atom. The summed E-state index contributed by atoms with van der Waals surface area (Å²) in [4.78, 5) is 17.4. The number of nitrogens with zero attached hydrogens (tertiary/aromatic N) is 2. The highest BCUT2D eigenvalue weighted by molar-refractivity contribution is 7.99. The molecule has 1 saturated heterocycles. The molecule has 0 bridgehead atoms. The largest absolute Gasteiger partial charge is 0.453 e. The molecule has 1 N–H and O–H groups in total. The van der Waals surface area contributed by atoms with Gasteiger partial charge in [-0.15, -0.1) is 24.2 Å². The van der Waals surface area contributed by atoms with E-state index in [9.17, 15) is 4.79 Å². The molecule has 0 unspecified atom stereocenters. The third-order valence-corrected chi connectivity index (χ3v) is 5.41. The molecule has 25 heavy (non-hydrogen) atoms. The molecule has 1 aromatic carbocycles. The van der Waals surface area contributed by atoms with Crippen LogP contribution in [0.5, 0.6) is 0 Å². The molecule has 1 aliphatic heterocycles. The van der Waals surface area contributed by atoms with Gasteiger partial charge in [0.2, 0.25) is 0 Å². The number of amides is 1. The molecule has 0 saturated carbocycles. The second kappa shape index (κ2) is 12.3. The third kappa shape index (κ3) is 7.34. The fraction of sp³-hybridized carbons (Fsp3) is 0.611. The van der Waals surface area contributed by atoms with Crippen molar-refractivity contribution >= 4 is 35.9 Å². The minimum absolute atomic E-state index is 0. The van der Waals surface area contributed by atoms with Crippen LogP contribution in [0.4, 0.5) is 10.5 Å². The molecule has 0 atom stereocenters. The average molecular weight is 388 g/mol. The van der Waals surface area contributed by atoms with Crippen LogP contribution in [0.1, 0.15) is 19.8 Å². The number of halogens is 1. The van der Waals surface area contributed by atoms with Gasteiger partial charge in [-0.1, -0.05) is 19.1 Å². The van der Waals surface area contributed by atoms with Crippen LogP contribution in [0.15, 0.2) is 29.2 Å². The number of carbonyl (C=O) groups excluding carboxylic acids is 1. The molecule has 1 aliphatic rings. The number of alkyl carbamates (subject to hydrolysis) is 1. The van der Waals surface area contributed by atoms with Crippen LogP contribution in [0, 0.1) is 0 Å². The molecule has 2 rings (SSSR count). The number of thioether (sulfide) groups is 1. The summed E-state index contributed by atoms with van der Waals surface area (Å²) in [7, 11) is 1.39. The van der Waals surface area contributed by atoms with E-state index in [1.54, 1.807) is 0 Å². The number of rotatable bonds is 8. The smallest absolute Gasteiger partial charge is 0.406 e. The van der Waals surface area contributed by atoms with E-state index in [1.165, 1.54) is 29.9 Å². The number of para-hydroxylation sites is 1. The lowest BCUT2D eigenvalue weighted by molar-refractivity contribution is 0.170. The molecule has 7 heteroatoms. The highest BCUT2D eigenvalue weighted by Gasteiger charge is 2.18. The van der Waals surface area contributed by atoms with E-state index in [-0.39, 0.29) is 18.5 Å². The van der Waals surface area contributed by atoms with E-state index in [1.807, 2.05) is 11.8 Å². The topological polar surface area (TPSA) is 44.8 Å². The Hall–Kier alpha value is -1.11. The van der Waals surface area contributed by atoms with Gasteiger partial charge in [-0.3, -0.25) is 4.90 Å². The minimum atomic E-state index is -0.346. The van der Waals surface area contributed by atoms with Gasteiger partial charge in [0.25, 0.3) is 0 Å². The molecule has 0 spiro atoms.